The summed E-state index contributed by atoms with van der Waals surface area (Å²) < 4.78 is 6.10. The van der Waals surface area contributed by atoms with Crippen LogP contribution in [0.5, 0.6) is 0 Å². The normalized spacial score (nSPS) is 24.9. The van der Waals surface area contributed by atoms with Crippen molar-refractivity contribution < 1.29 is 9.53 Å². The Bertz CT molecular complexity index is 288. The van der Waals surface area contributed by atoms with E-state index in [0.29, 0.717) is 6.54 Å². The van der Waals surface area contributed by atoms with Crippen molar-refractivity contribution in [2.45, 2.75) is 69.9 Å². The minimum absolute atomic E-state index is 0. The number of halogens is 1. The van der Waals surface area contributed by atoms with Crippen molar-refractivity contribution in [1.82, 2.24) is 10.6 Å². The molecule has 1 unspecified atom stereocenters. The van der Waals surface area contributed by atoms with E-state index in [1.54, 1.807) is 0 Å². The SMILES string of the molecule is CCCOC1(CNC(=O)C2CCCN2)CCCCC1.Cl. The van der Waals surface area contributed by atoms with Crippen LogP contribution in [0.15, 0.2) is 0 Å². The fourth-order valence-electron chi connectivity index (χ4n) is 3.17. The molecule has 1 amide bonds. The molecule has 2 fully saturated rings. The van der Waals surface area contributed by atoms with Gasteiger partial charge >= 0.3 is 0 Å². The molecule has 0 aromatic heterocycles. The standard InChI is InChI=1S/C15H28N2O2.ClH/c1-2-11-19-15(8-4-3-5-9-15)12-17-14(18)13-7-6-10-16-13;/h13,16H,2-12H2,1H3,(H,17,18);1H. The topological polar surface area (TPSA) is 50.4 Å². The number of rotatable bonds is 6. The molecule has 0 aromatic carbocycles. The van der Waals surface area contributed by atoms with E-state index in [9.17, 15) is 4.79 Å². The lowest BCUT2D eigenvalue weighted by molar-refractivity contribution is -0.126. The third kappa shape index (κ3) is 4.90. The third-order valence-electron chi connectivity index (χ3n) is 4.34. The number of hydrogen-bond acceptors (Lipinski definition) is 3. The lowest BCUT2D eigenvalue weighted by Crippen LogP contribution is -2.50. The molecule has 2 rings (SSSR count). The van der Waals surface area contributed by atoms with E-state index in [1.807, 2.05) is 0 Å². The molecule has 0 aromatic rings. The van der Waals surface area contributed by atoms with Gasteiger partial charge in [-0.25, -0.2) is 0 Å². The highest BCUT2D eigenvalue weighted by molar-refractivity contribution is 5.85. The molecule has 4 nitrogen and oxygen atoms in total. The molecule has 1 atom stereocenters. The molecule has 1 saturated carbocycles. The Hall–Kier alpha value is -0.320. The molecule has 0 spiro atoms. The van der Waals surface area contributed by atoms with Crippen LogP contribution in [0.1, 0.15) is 58.3 Å². The molecule has 0 bridgehead atoms. The van der Waals surface area contributed by atoms with Crippen LogP contribution in [-0.4, -0.2) is 37.2 Å². The average Bonchev–Trinajstić information content (AvgIpc) is 2.98. The first-order valence-corrected chi connectivity index (χ1v) is 7.91. The molecular weight excluding hydrogens is 276 g/mol. The van der Waals surface area contributed by atoms with Crippen molar-refractivity contribution in [3.8, 4) is 0 Å². The van der Waals surface area contributed by atoms with E-state index in [4.69, 9.17) is 4.74 Å². The van der Waals surface area contributed by atoms with Gasteiger partial charge < -0.3 is 15.4 Å². The third-order valence-corrected chi connectivity index (χ3v) is 4.34. The zero-order chi connectivity index (χ0) is 13.6. The Morgan fingerprint density at radius 3 is 2.65 bits per heavy atom. The zero-order valence-electron chi connectivity index (χ0n) is 12.6. The Morgan fingerprint density at radius 1 is 1.30 bits per heavy atom. The average molecular weight is 305 g/mol. The number of nitrogens with one attached hydrogen (secondary N) is 2. The molecule has 20 heavy (non-hydrogen) atoms. The summed E-state index contributed by atoms with van der Waals surface area (Å²) in [5.74, 6) is 0.155. The van der Waals surface area contributed by atoms with Gasteiger partial charge in [0, 0.05) is 13.2 Å². The minimum Gasteiger partial charge on any atom is -0.373 e. The summed E-state index contributed by atoms with van der Waals surface area (Å²) in [5, 5.41) is 6.36. The van der Waals surface area contributed by atoms with Crippen LogP contribution < -0.4 is 10.6 Å². The largest absolute Gasteiger partial charge is 0.373 e. The molecule has 1 saturated heterocycles. The first-order chi connectivity index (χ1) is 9.26. The Kier molecular flexibility index (Phi) is 7.85. The van der Waals surface area contributed by atoms with Gasteiger partial charge in [-0.05, 0) is 38.6 Å². The van der Waals surface area contributed by atoms with Gasteiger partial charge in [0.25, 0.3) is 0 Å². The van der Waals surface area contributed by atoms with Gasteiger partial charge in [-0.1, -0.05) is 26.2 Å². The van der Waals surface area contributed by atoms with Gasteiger partial charge in [0.1, 0.15) is 0 Å². The molecule has 1 aliphatic heterocycles. The summed E-state index contributed by atoms with van der Waals surface area (Å²) in [6, 6.07) is 0.0202. The van der Waals surface area contributed by atoms with E-state index in [-0.39, 0.29) is 30.0 Å². The predicted molar refractivity (Wildman–Crippen MR) is 83.3 cm³/mol. The molecule has 0 radical (unpaired) electrons. The fourth-order valence-corrected chi connectivity index (χ4v) is 3.17. The van der Waals surface area contributed by atoms with Crippen molar-refractivity contribution >= 4 is 18.3 Å². The van der Waals surface area contributed by atoms with E-state index < -0.39 is 0 Å². The fraction of sp³-hybridized carbons (Fsp3) is 0.933. The number of amides is 1. The Labute approximate surface area is 128 Å². The summed E-state index contributed by atoms with van der Waals surface area (Å²) >= 11 is 0. The molecular formula is C15H29ClN2O2. The highest BCUT2D eigenvalue weighted by Crippen LogP contribution is 2.31. The quantitative estimate of drug-likeness (QED) is 0.792. The van der Waals surface area contributed by atoms with Crippen LogP contribution in [0, 0.1) is 0 Å². The van der Waals surface area contributed by atoms with Crippen molar-refractivity contribution in [3.05, 3.63) is 0 Å². The van der Waals surface area contributed by atoms with Crippen LogP contribution in [-0.2, 0) is 9.53 Å². The monoisotopic (exact) mass is 304 g/mol. The molecule has 2 N–H and O–H groups in total. The maximum absolute atomic E-state index is 12.1. The minimum atomic E-state index is -0.0947. The van der Waals surface area contributed by atoms with Gasteiger partial charge in [-0.3, -0.25) is 4.79 Å². The maximum Gasteiger partial charge on any atom is 0.237 e. The summed E-state index contributed by atoms with van der Waals surface area (Å²) in [4.78, 5) is 12.1. The van der Waals surface area contributed by atoms with E-state index in [2.05, 4.69) is 17.6 Å². The second-order valence-electron chi connectivity index (χ2n) is 5.96. The van der Waals surface area contributed by atoms with Crippen LogP contribution in [0.3, 0.4) is 0 Å². The number of carbonyl (C=O) groups is 1. The molecule has 2 aliphatic rings. The van der Waals surface area contributed by atoms with Crippen molar-refractivity contribution in [3.63, 3.8) is 0 Å². The lowest BCUT2D eigenvalue weighted by atomic mass is 9.84. The van der Waals surface area contributed by atoms with Gasteiger partial charge in [-0.2, -0.15) is 0 Å². The number of hydrogen-bond donors (Lipinski definition) is 2. The van der Waals surface area contributed by atoms with Crippen molar-refractivity contribution in [2.75, 3.05) is 19.7 Å². The van der Waals surface area contributed by atoms with Gasteiger partial charge in [-0.15, -0.1) is 12.4 Å². The summed E-state index contributed by atoms with van der Waals surface area (Å²) in [6.07, 6.45) is 9.04. The Morgan fingerprint density at radius 2 is 2.05 bits per heavy atom. The van der Waals surface area contributed by atoms with Crippen LogP contribution in [0.25, 0.3) is 0 Å². The Balaban J connectivity index is 0.00000200. The van der Waals surface area contributed by atoms with Crippen molar-refractivity contribution in [1.29, 1.82) is 0 Å². The van der Waals surface area contributed by atoms with Crippen LogP contribution >= 0.6 is 12.4 Å². The summed E-state index contributed by atoms with van der Waals surface area (Å²) in [6.45, 7) is 4.59. The molecule has 118 valence electrons. The maximum atomic E-state index is 12.1. The smallest absolute Gasteiger partial charge is 0.237 e. The highest BCUT2D eigenvalue weighted by Gasteiger charge is 2.34. The van der Waals surface area contributed by atoms with Gasteiger partial charge in [0.2, 0.25) is 5.91 Å². The second-order valence-corrected chi connectivity index (χ2v) is 5.96. The first-order valence-electron chi connectivity index (χ1n) is 7.91. The van der Waals surface area contributed by atoms with E-state index in [1.165, 1.54) is 19.3 Å². The zero-order valence-corrected chi connectivity index (χ0v) is 13.4. The number of carbonyl (C=O) groups excluding carboxylic acids is 1. The van der Waals surface area contributed by atoms with Crippen LogP contribution in [0.4, 0.5) is 0 Å². The summed E-state index contributed by atoms with van der Waals surface area (Å²) in [5.41, 5.74) is -0.0947. The number of ether oxygens (including phenoxy) is 1. The second kappa shape index (κ2) is 8.85. The molecule has 5 heteroatoms. The van der Waals surface area contributed by atoms with Crippen LogP contribution in [0.2, 0.25) is 0 Å². The molecule has 1 heterocycles. The van der Waals surface area contributed by atoms with E-state index >= 15 is 0 Å². The lowest BCUT2D eigenvalue weighted by Gasteiger charge is -2.37. The molecule has 1 aliphatic carbocycles. The summed E-state index contributed by atoms with van der Waals surface area (Å²) in [7, 11) is 0. The van der Waals surface area contributed by atoms with Gasteiger partial charge in [0.15, 0.2) is 0 Å². The van der Waals surface area contributed by atoms with Gasteiger partial charge in [0.05, 0.1) is 11.6 Å². The first kappa shape index (κ1) is 17.7. The van der Waals surface area contributed by atoms with Crippen molar-refractivity contribution in [2.24, 2.45) is 0 Å². The highest BCUT2D eigenvalue weighted by atomic mass is 35.5. The predicted octanol–water partition coefficient (Wildman–Crippen LogP) is 2.41. The van der Waals surface area contributed by atoms with E-state index in [0.717, 1.165) is 45.3 Å².